The van der Waals surface area contributed by atoms with Gasteiger partial charge in [-0.15, -0.1) is 0 Å². The second-order valence-electron chi connectivity index (χ2n) is 7.03. The van der Waals surface area contributed by atoms with Gasteiger partial charge in [-0.1, -0.05) is 30.3 Å². The van der Waals surface area contributed by atoms with Gasteiger partial charge in [-0.2, -0.15) is 0 Å². The Morgan fingerprint density at radius 3 is 2.50 bits per heavy atom. The first kappa shape index (κ1) is 17.9. The molecule has 0 unspecified atom stereocenters. The molecule has 2 aromatic heterocycles. The minimum atomic E-state index is -0.195. The van der Waals surface area contributed by atoms with Gasteiger partial charge in [0, 0.05) is 22.6 Å². The normalized spacial score (nSPS) is 11.1. The number of para-hydroxylation sites is 2. The summed E-state index contributed by atoms with van der Waals surface area (Å²) >= 11 is 0. The molecule has 4 aromatic rings. The molecule has 0 N–H and O–H groups in total. The fourth-order valence-electron chi connectivity index (χ4n) is 3.71. The van der Waals surface area contributed by atoms with Gasteiger partial charge in [0.1, 0.15) is 0 Å². The Morgan fingerprint density at radius 1 is 1.00 bits per heavy atom. The molecule has 5 nitrogen and oxygen atoms in total. The van der Waals surface area contributed by atoms with E-state index in [1.54, 1.807) is 6.07 Å². The van der Waals surface area contributed by atoms with Crippen LogP contribution >= 0.6 is 0 Å². The number of fused-ring (bicyclic) bond motifs is 1. The van der Waals surface area contributed by atoms with Crippen molar-refractivity contribution in [2.45, 2.75) is 27.3 Å². The fraction of sp³-hybridized carbons (Fsp3) is 0.174. The number of Topliss-reactive ketones (excluding diaryl/α,β-unsaturated/α-hetero) is 1. The molecule has 28 heavy (non-hydrogen) atoms. The van der Waals surface area contributed by atoms with Gasteiger partial charge >= 0.3 is 0 Å². The van der Waals surface area contributed by atoms with Crippen molar-refractivity contribution in [1.29, 1.82) is 0 Å². The lowest BCUT2D eigenvalue weighted by molar-refractivity contribution is 0.0970. The number of benzene rings is 2. The third-order valence-corrected chi connectivity index (χ3v) is 5.12. The average molecular weight is 371 g/mol. The monoisotopic (exact) mass is 371 g/mol. The highest BCUT2D eigenvalue weighted by atomic mass is 16.1. The van der Waals surface area contributed by atoms with Crippen LogP contribution in [0.2, 0.25) is 0 Å². The first-order valence-corrected chi connectivity index (χ1v) is 9.19. The molecule has 0 atom stereocenters. The van der Waals surface area contributed by atoms with Gasteiger partial charge in [-0.05, 0) is 50.6 Å². The molecular weight excluding hydrogens is 350 g/mol. The molecule has 0 saturated heterocycles. The Hall–Kier alpha value is -3.47. The first-order chi connectivity index (χ1) is 13.5. The van der Waals surface area contributed by atoms with E-state index < -0.39 is 0 Å². The molecule has 0 radical (unpaired) electrons. The maximum Gasteiger partial charge on any atom is 0.261 e. The van der Waals surface area contributed by atoms with Crippen LogP contribution in [0.5, 0.6) is 0 Å². The SMILES string of the molecule is Cc1cccc2c(=O)n(CC(=O)c3cc(C)n(-c4ccccc4)c3C)cnc12. The highest BCUT2D eigenvalue weighted by Crippen LogP contribution is 2.21. The second kappa shape index (κ2) is 6.93. The summed E-state index contributed by atoms with van der Waals surface area (Å²) in [6, 6.07) is 17.3. The van der Waals surface area contributed by atoms with Crippen LogP contribution in [0.25, 0.3) is 16.6 Å². The molecule has 0 spiro atoms. The summed E-state index contributed by atoms with van der Waals surface area (Å²) in [6.07, 6.45) is 1.46. The Balaban J connectivity index is 1.71. The number of aryl methyl sites for hydroxylation is 2. The zero-order chi connectivity index (χ0) is 19.8. The van der Waals surface area contributed by atoms with Crippen molar-refractivity contribution in [3.63, 3.8) is 0 Å². The molecule has 2 heterocycles. The van der Waals surface area contributed by atoms with E-state index in [4.69, 9.17) is 0 Å². The Kier molecular flexibility index (Phi) is 4.43. The quantitative estimate of drug-likeness (QED) is 0.510. The van der Waals surface area contributed by atoms with Crippen LogP contribution in [-0.4, -0.2) is 19.9 Å². The maximum absolute atomic E-state index is 13.0. The molecule has 0 aliphatic carbocycles. The number of rotatable bonds is 4. The predicted molar refractivity (Wildman–Crippen MR) is 110 cm³/mol. The molecule has 5 heteroatoms. The molecular formula is C23H21N3O2. The van der Waals surface area contributed by atoms with E-state index in [0.717, 1.165) is 22.6 Å². The van der Waals surface area contributed by atoms with Crippen LogP contribution in [0.1, 0.15) is 27.3 Å². The topological polar surface area (TPSA) is 56.9 Å². The van der Waals surface area contributed by atoms with Crippen LogP contribution in [-0.2, 0) is 6.54 Å². The van der Waals surface area contributed by atoms with Crippen LogP contribution in [0.3, 0.4) is 0 Å². The van der Waals surface area contributed by atoms with E-state index in [2.05, 4.69) is 9.55 Å². The summed E-state index contributed by atoms with van der Waals surface area (Å²) < 4.78 is 3.44. The zero-order valence-electron chi connectivity index (χ0n) is 16.1. The number of hydrogen-bond donors (Lipinski definition) is 0. The van der Waals surface area contributed by atoms with E-state index in [-0.39, 0.29) is 17.9 Å². The molecule has 0 aliphatic rings. The molecule has 0 amide bonds. The van der Waals surface area contributed by atoms with Gasteiger partial charge in [-0.25, -0.2) is 4.98 Å². The highest BCUT2D eigenvalue weighted by molar-refractivity contribution is 5.97. The number of ketones is 1. The summed E-state index contributed by atoms with van der Waals surface area (Å²) in [7, 11) is 0. The molecule has 140 valence electrons. The molecule has 0 aliphatic heterocycles. The average Bonchev–Trinajstić information content (AvgIpc) is 2.99. The Labute approximate surface area is 162 Å². The minimum Gasteiger partial charge on any atom is -0.318 e. The van der Waals surface area contributed by atoms with Gasteiger partial charge in [0.2, 0.25) is 0 Å². The van der Waals surface area contributed by atoms with Crippen molar-refractivity contribution in [2.24, 2.45) is 0 Å². The fourth-order valence-corrected chi connectivity index (χ4v) is 3.71. The van der Waals surface area contributed by atoms with E-state index in [1.165, 1.54) is 10.9 Å². The summed E-state index contributed by atoms with van der Waals surface area (Å²) in [5.41, 5.74) is 4.91. The lowest BCUT2D eigenvalue weighted by Crippen LogP contribution is -2.25. The second-order valence-corrected chi connectivity index (χ2v) is 7.03. The largest absolute Gasteiger partial charge is 0.318 e. The van der Waals surface area contributed by atoms with E-state index in [0.29, 0.717) is 16.5 Å². The van der Waals surface area contributed by atoms with Gasteiger partial charge in [0.15, 0.2) is 5.78 Å². The first-order valence-electron chi connectivity index (χ1n) is 9.19. The molecule has 2 aromatic carbocycles. The van der Waals surface area contributed by atoms with Crippen molar-refractivity contribution in [1.82, 2.24) is 14.1 Å². The summed E-state index contributed by atoms with van der Waals surface area (Å²) in [6.45, 7) is 5.79. The van der Waals surface area contributed by atoms with Gasteiger partial charge in [0.25, 0.3) is 5.56 Å². The minimum absolute atomic E-state index is 0.0329. The highest BCUT2D eigenvalue weighted by Gasteiger charge is 2.18. The standard InChI is InChI=1S/C23H21N3O2/c1-15-8-7-11-19-22(15)24-14-25(23(19)28)13-21(27)20-12-16(2)26(17(20)3)18-9-5-4-6-10-18/h4-12,14H,13H2,1-3H3. The third-order valence-electron chi connectivity index (χ3n) is 5.12. The lowest BCUT2D eigenvalue weighted by Gasteiger charge is -2.10. The van der Waals surface area contributed by atoms with Crippen molar-refractivity contribution in [3.05, 3.63) is 93.8 Å². The van der Waals surface area contributed by atoms with Gasteiger partial charge < -0.3 is 4.57 Å². The number of hydrogen-bond acceptors (Lipinski definition) is 3. The van der Waals surface area contributed by atoms with Crippen LogP contribution in [0.4, 0.5) is 0 Å². The molecule has 0 bridgehead atoms. The van der Waals surface area contributed by atoms with Gasteiger partial charge in [-0.3, -0.25) is 14.2 Å². The molecule has 0 saturated carbocycles. The number of nitrogens with zero attached hydrogens (tertiary/aromatic N) is 3. The van der Waals surface area contributed by atoms with E-state index in [9.17, 15) is 9.59 Å². The zero-order valence-corrected chi connectivity index (χ0v) is 16.1. The van der Waals surface area contributed by atoms with Crippen molar-refractivity contribution < 1.29 is 4.79 Å². The van der Waals surface area contributed by atoms with Gasteiger partial charge in [0.05, 0.1) is 23.8 Å². The smallest absolute Gasteiger partial charge is 0.261 e. The number of carbonyl (C=O) groups excluding carboxylic acids is 1. The van der Waals surface area contributed by atoms with Crippen molar-refractivity contribution >= 4 is 16.7 Å². The number of carbonyl (C=O) groups is 1. The molecule has 4 rings (SSSR count). The summed E-state index contributed by atoms with van der Waals surface area (Å²) in [4.78, 5) is 30.2. The van der Waals surface area contributed by atoms with Crippen LogP contribution in [0.15, 0.2) is 65.7 Å². The summed E-state index contributed by atoms with van der Waals surface area (Å²) in [5, 5.41) is 0.532. The summed E-state index contributed by atoms with van der Waals surface area (Å²) in [5.74, 6) is -0.105. The molecule has 0 fully saturated rings. The van der Waals surface area contributed by atoms with Crippen LogP contribution < -0.4 is 5.56 Å². The predicted octanol–water partition coefficient (Wildman–Crippen LogP) is 4.00. The van der Waals surface area contributed by atoms with Crippen LogP contribution in [0, 0.1) is 20.8 Å². The van der Waals surface area contributed by atoms with E-state index in [1.807, 2.05) is 69.3 Å². The Morgan fingerprint density at radius 2 is 1.75 bits per heavy atom. The maximum atomic E-state index is 13.0. The van der Waals surface area contributed by atoms with Crippen molar-refractivity contribution in [2.75, 3.05) is 0 Å². The number of aromatic nitrogens is 3. The van der Waals surface area contributed by atoms with Crippen molar-refractivity contribution in [3.8, 4) is 5.69 Å². The third kappa shape index (κ3) is 2.95. The lowest BCUT2D eigenvalue weighted by atomic mass is 10.1. The Bertz CT molecular complexity index is 1250. The van der Waals surface area contributed by atoms with E-state index >= 15 is 0 Å².